The van der Waals surface area contributed by atoms with E-state index in [9.17, 15) is 0 Å². The summed E-state index contributed by atoms with van der Waals surface area (Å²) in [7, 11) is 0. The molecule has 0 aromatic carbocycles. The number of nitrogens with one attached hydrogen (secondary N) is 1. The van der Waals surface area contributed by atoms with Crippen molar-refractivity contribution in [1.29, 1.82) is 0 Å². The zero-order valence-corrected chi connectivity index (χ0v) is 10.9. The van der Waals surface area contributed by atoms with Crippen LogP contribution in [0, 0.1) is 12.8 Å². The lowest BCUT2D eigenvalue weighted by Gasteiger charge is -2.13. The molecule has 2 atom stereocenters. The Kier molecular flexibility index (Phi) is 3.82. The molecule has 0 radical (unpaired) electrons. The molecular weight excluding hydrogens is 214 g/mol. The fourth-order valence-corrected chi connectivity index (χ4v) is 2.35. The average Bonchev–Trinajstić information content (AvgIpc) is 2.63. The number of hydrogen-bond acceptors (Lipinski definition) is 4. The van der Waals surface area contributed by atoms with E-state index in [1.165, 1.54) is 19.3 Å². The second-order valence-corrected chi connectivity index (χ2v) is 4.86. The zero-order valence-electron chi connectivity index (χ0n) is 10.9. The summed E-state index contributed by atoms with van der Waals surface area (Å²) >= 11 is 0. The van der Waals surface area contributed by atoms with E-state index in [1.807, 2.05) is 19.9 Å². The van der Waals surface area contributed by atoms with Crippen LogP contribution in [-0.2, 0) is 0 Å². The first-order valence-corrected chi connectivity index (χ1v) is 6.42. The number of nitrogens with zero attached hydrogens (tertiary/aromatic N) is 2. The monoisotopic (exact) mass is 235 g/mol. The fraction of sp³-hybridized carbons (Fsp3) is 0.692. The predicted molar refractivity (Wildman–Crippen MR) is 68.4 cm³/mol. The Morgan fingerprint density at radius 1 is 1.41 bits per heavy atom. The summed E-state index contributed by atoms with van der Waals surface area (Å²) in [6.45, 7) is 6.86. The van der Waals surface area contributed by atoms with Gasteiger partial charge >= 0.3 is 0 Å². The van der Waals surface area contributed by atoms with E-state index in [0.717, 1.165) is 11.6 Å². The van der Waals surface area contributed by atoms with E-state index >= 15 is 0 Å². The number of rotatable bonds is 4. The molecule has 1 fully saturated rings. The van der Waals surface area contributed by atoms with Crippen molar-refractivity contribution in [3.8, 4) is 5.88 Å². The van der Waals surface area contributed by atoms with Gasteiger partial charge < -0.3 is 10.1 Å². The molecule has 1 aromatic heterocycles. The number of anilines is 1. The molecule has 4 nitrogen and oxygen atoms in total. The molecule has 1 aromatic rings. The van der Waals surface area contributed by atoms with Crippen LogP contribution in [-0.4, -0.2) is 22.6 Å². The van der Waals surface area contributed by atoms with Gasteiger partial charge in [0.15, 0.2) is 0 Å². The van der Waals surface area contributed by atoms with E-state index in [4.69, 9.17) is 4.74 Å². The molecule has 1 heterocycles. The standard InChI is InChI=1S/C13H21N3O/c1-4-17-12-8-10(3)14-13(16-12)15-11-6-5-9(2)7-11/h8-9,11H,4-7H2,1-3H3,(H,14,15,16). The van der Waals surface area contributed by atoms with Gasteiger partial charge in [0.25, 0.3) is 0 Å². The molecule has 0 aliphatic heterocycles. The second kappa shape index (κ2) is 5.34. The minimum absolute atomic E-state index is 0.515. The summed E-state index contributed by atoms with van der Waals surface area (Å²) in [6.07, 6.45) is 3.71. The summed E-state index contributed by atoms with van der Waals surface area (Å²) < 4.78 is 5.42. The van der Waals surface area contributed by atoms with Crippen LogP contribution in [0.1, 0.15) is 38.8 Å². The number of aryl methyl sites for hydroxylation is 1. The van der Waals surface area contributed by atoms with E-state index < -0.39 is 0 Å². The number of aromatic nitrogens is 2. The van der Waals surface area contributed by atoms with Crippen LogP contribution < -0.4 is 10.1 Å². The fourth-order valence-electron chi connectivity index (χ4n) is 2.35. The van der Waals surface area contributed by atoms with E-state index in [0.29, 0.717) is 24.5 Å². The van der Waals surface area contributed by atoms with Crippen LogP contribution >= 0.6 is 0 Å². The Morgan fingerprint density at radius 3 is 2.88 bits per heavy atom. The van der Waals surface area contributed by atoms with Crippen molar-refractivity contribution >= 4 is 5.95 Å². The van der Waals surface area contributed by atoms with Crippen molar-refractivity contribution in [2.45, 2.75) is 46.1 Å². The van der Waals surface area contributed by atoms with Crippen molar-refractivity contribution in [1.82, 2.24) is 9.97 Å². The Balaban J connectivity index is 2.04. The average molecular weight is 235 g/mol. The van der Waals surface area contributed by atoms with Gasteiger partial charge in [-0.2, -0.15) is 4.98 Å². The van der Waals surface area contributed by atoms with Crippen LogP contribution in [0.15, 0.2) is 6.07 Å². The smallest absolute Gasteiger partial charge is 0.226 e. The Morgan fingerprint density at radius 2 is 2.24 bits per heavy atom. The topological polar surface area (TPSA) is 47.0 Å². The van der Waals surface area contributed by atoms with Gasteiger partial charge in [0.2, 0.25) is 11.8 Å². The molecule has 1 N–H and O–H groups in total. The van der Waals surface area contributed by atoms with Crippen molar-refractivity contribution in [2.75, 3.05) is 11.9 Å². The largest absolute Gasteiger partial charge is 0.478 e. The minimum atomic E-state index is 0.515. The third kappa shape index (κ3) is 3.32. The molecule has 1 saturated carbocycles. The third-order valence-electron chi connectivity index (χ3n) is 3.15. The molecule has 2 rings (SSSR count). The van der Waals surface area contributed by atoms with Gasteiger partial charge in [-0.1, -0.05) is 6.92 Å². The first-order valence-electron chi connectivity index (χ1n) is 6.42. The quantitative estimate of drug-likeness (QED) is 0.871. The van der Waals surface area contributed by atoms with Gasteiger partial charge in [-0.05, 0) is 39.0 Å². The minimum Gasteiger partial charge on any atom is -0.478 e. The van der Waals surface area contributed by atoms with E-state index in [1.54, 1.807) is 0 Å². The molecule has 0 bridgehead atoms. The third-order valence-corrected chi connectivity index (χ3v) is 3.15. The molecular formula is C13H21N3O. The Bertz CT molecular complexity index is 381. The van der Waals surface area contributed by atoms with Gasteiger partial charge in [-0.15, -0.1) is 0 Å². The van der Waals surface area contributed by atoms with Crippen LogP contribution in [0.4, 0.5) is 5.95 Å². The zero-order chi connectivity index (χ0) is 12.3. The molecule has 0 amide bonds. The highest BCUT2D eigenvalue weighted by Crippen LogP contribution is 2.27. The predicted octanol–water partition coefficient (Wildman–Crippen LogP) is 2.78. The van der Waals surface area contributed by atoms with Crippen molar-refractivity contribution < 1.29 is 4.74 Å². The lowest BCUT2D eigenvalue weighted by atomic mass is 10.1. The second-order valence-electron chi connectivity index (χ2n) is 4.86. The molecule has 1 aliphatic carbocycles. The van der Waals surface area contributed by atoms with Gasteiger partial charge in [0.05, 0.1) is 6.61 Å². The molecule has 4 heteroatoms. The van der Waals surface area contributed by atoms with Gasteiger partial charge in [0.1, 0.15) is 0 Å². The van der Waals surface area contributed by atoms with Gasteiger partial charge in [-0.25, -0.2) is 4.98 Å². The van der Waals surface area contributed by atoms with Crippen LogP contribution in [0.3, 0.4) is 0 Å². The number of ether oxygens (including phenoxy) is 1. The first-order chi connectivity index (χ1) is 8.17. The lowest BCUT2D eigenvalue weighted by molar-refractivity contribution is 0.326. The SMILES string of the molecule is CCOc1cc(C)nc(NC2CCC(C)C2)n1. The normalized spacial score (nSPS) is 23.7. The maximum absolute atomic E-state index is 5.42. The van der Waals surface area contributed by atoms with Crippen LogP contribution in [0.5, 0.6) is 5.88 Å². The summed E-state index contributed by atoms with van der Waals surface area (Å²) in [5, 5.41) is 3.41. The highest BCUT2D eigenvalue weighted by atomic mass is 16.5. The summed E-state index contributed by atoms with van der Waals surface area (Å²) in [5.74, 6) is 2.17. The Hall–Kier alpha value is -1.32. The van der Waals surface area contributed by atoms with E-state index in [-0.39, 0.29) is 0 Å². The summed E-state index contributed by atoms with van der Waals surface area (Å²) in [6, 6.07) is 2.38. The molecule has 0 spiro atoms. The molecule has 2 unspecified atom stereocenters. The molecule has 94 valence electrons. The van der Waals surface area contributed by atoms with Gasteiger partial charge in [0, 0.05) is 17.8 Å². The van der Waals surface area contributed by atoms with E-state index in [2.05, 4.69) is 22.2 Å². The van der Waals surface area contributed by atoms with Crippen molar-refractivity contribution in [2.24, 2.45) is 5.92 Å². The van der Waals surface area contributed by atoms with Crippen molar-refractivity contribution in [3.63, 3.8) is 0 Å². The van der Waals surface area contributed by atoms with Gasteiger partial charge in [-0.3, -0.25) is 0 Å². The van der Waals surface area contributed by atoms with Crippen LogP contribution in [0.25, 0.3) is 0 Å². The Labute approximate surface area is 103 Å². The highest BCUT2D eigenvalue weighted by molar-refractivity contribution is 5.32. The maximum Gasteiger partial charge on any atom is 0.226 e. The lowest BCUT2D eigenvalue weighted by Crippen LogP contribution is -2.17. The van der Waals surface area contributed by atoms with Crippen LogP contribution in [0.2, 0.25) is 0 Å². The molecule has 0 saturated heterocycles. The highest BCUT2D eigenvalue weighted by Gasteiger charge is 2.21. The van der Waals surface area contributed by atoms with Crippen molar-refractivity contribution in [3.05, 3.63) is 11.8 Å². The molecule has 17 heavy (non-hydrogen) atoms. The first kappa shape index (κ1) is 12.1. The summed E-state index contributed by atoms with van der Waals surface area (Å²) in [5.41, 5.74) is 0.942. The molecule has 1 aliphatic rings. The maximum atomic E-state index is 5.42. The summed E-state index contributed by atoms with van der Waals surface area (Å²) in [4.78, 5) is 8.77. The number of hydrogen-bond donors (Lipinski definition) is 1.